The molecule has 1 aliphatic carbocycles. The molecule has 0 heterocycles. The molecule has 0 saturated heterocycles. The van der Waals surface area contributed by atoms with Gasteiger partial charge in [0.15, 0.2) is 0 Å². The molecule has 2 nitrogen and oxygen atoms in total. The van der Waals surface area contributed by atoms with E-state index in [4.69, 9.17) is 9.78 Å². The monoisotopic (exact) mass is 256 g/mol. The second kappa shape index (κ2) is 12.0. The van der Waals surface area contributed by atoms with Gasteiger partial charge >= 0.3 is 0 Å². The largest absolute Gasteiger partial charge is 0.236 e. The van der Waals surface area contributed by atoms with Crippen molar-refractivity contribution in [3.8, 4) is 0 Å². The van der Waals surface area contributed by atoms with Crippen LogP contribution in [0.3, 0.4) is 0 Å². The fourth-order valence-corrected chi connectivity index (χ4v) is 2.57. The molecule has 1 rings (SSSR count). The third-order valence-corrected chi connectivity index (χ3v) is 3.84. The first-order valence-electron chi connectivity index (χ1n) is 8.21. The molecule has 18 heavy (non-hydrogen) atoms. The summed E-state index contributed by atoms with van der Waals surface area (Å²) >= 11 is 0. The second-order valence-electron chi connectivity index (χ2n) is 5.65. The average Bonchev–Trinajstić information content (AvgIpc) is 2.37. The maximum Gasteiger partial charge on any atom is 0.0930 e. The maximum absolute atomic E-state index is 5.59. The predicted molar refractivity (Wildman–Crippen MR) is 76.5 cm³/mol. The lowest BCUT2D eigenvalue weighted by atomic mass is 9.99. The first kappa shape index (κ1) is 16.0. The zero-order valence-corrected chi connectivity index (χ0v) is 12.3. The Morgan fingerprint density at radius 3 is 1.78 bits per heavy atom. The Morgan fingerprint density at radius 1 is 0.778 bits per heavy atom. The molecule has 0 bridgehead atoms. The van der Waals surface area contributed by atoms with Crippen LogP contribution in [0.2, 0.25) is 0 Å². The summed E-state index contributed by atoms with van der Waals surface area (Å²) in [5, 5.41) is 0. The first-order chi connectivity index (χ1) is 8.93. The molecule has 2 heteroatoms. The Bertz CT molecular complexity index is 156. The molecule has 0 atom stereocenters. The molecule has 0 aromatic rings. The van der Waals surface area contributed by atoms with Gasteiger partial charge in [-0.2, -0.15) is 0 Å². The molecule has 1 saturated carbocycles. The van der Waals surface area contributed by atoms with Gasteiger partial charge < -0.3 is 0 Å². The van der Waals surface area contributed by atoms with Crippen LogP contribution in [0.15, 0.2) is 0 Å². The van der Waals surface area contributed by atoms with Gasteiger partial charge in [0, 0.05) is 0 Å². The molecule has 0 unspecified atom stereocenters. The predicted octanol–water partition coefficient (Wildman–Crippen LogP) is 5.41. The van der Waals surface area contributed by atoms with Gasteiger partial charge in [-0.3, -0.25) is 0 Å². The first-order valence-corrected chi connectivity index (χ1v) is 8.21. The molecule has 0 radical (unpaired) electrons. The molecule has 0 aromatic carbocycles. The Balaban J connectivity index is 2.14. The van der Waals surface area contributed by atoms with Crippen LogP contribution < -0.4 is 0 Å². The minimum Gasteiger partial charge on any atom is -0.236 e. The Morgan fingerprint density at radius 2 is 1.28 bits per heavy atom. The molecule has 0 spiro atoms. The number of unbranched alkanes of at least 4 members (excludes halogenated alkanes) is 1. The van der Waals surface area contributed by atoms with Gasteiger partial charge in [0.1, 0.15) is 0 Å². The van der Waals surface area contributed by atoms with E-state index in [2.05, 4.69) is 6.92 Å². The van der Waals surface area contributed by atoms with E-state index in [0.29, 0.717) is 6.10 Å². The number of rotatable bonds is 5. The van der Waals surface area contributed by atoms with Crippen molar-refractivity contribution >= 4 is 0 Å². The Kier molecular flexibility index (Phi) is 10.6. The summed E-state index contributed by atoms with van der Waals surface area (Å²) < 4.78 is 0. The van der Waals surface area contributed by atoms with Crippen LogP contribution in [-0.2, 0) is 9.78 Å². The summed E-state index contributed by atoms with van der Waals surface area (Å²) in [5.74, 6) is 0. The van der Waals surface area contributed by atoms with Crippen LogP contribution in [-0.4, -0.2) is 12.7 Å². The fourth-order valence-electron chi connectivity index (χ4n) is 2.57. The summed E-state index contributed by atoms with van der Waals surface area (Å²) in [4.78, 5) is 10.9. The van der Waals surface area contributed by atoms with E-state index < -0.39 is 0 Å². The minimum atomic E-state index is 0.348. The highest BCUT2D eigenvalue weighted by atomic mass is 17.2. The second-order valence-corrected chi connectivity index (χ2v) is 5.65. The molecule has 1 aliphatic rings. The summed E-state index contributed by atoms with van der Waals surface area (Å²) in [7, 11) is 0. The van der Waals surface area contributed by atoms with E-state index in [1.54, 1.807) is 0 Å². The lowest BCUT2D eigenvalue weighted by Gasteiger charge is -2.17. The van der Waals surface area contributed by atoms with Gasteiger partial charge in [0.2, 0.25) is 0 Å². The zero-order valence-electron chi connectivity index (χ0n) is 12.3. The van der Waals surface area contributed by atoms with Gasteiger partial charge in [0.05, 0.1) is 12.7 Å². The highest BCUT2D eigenvalue weighted by Gasteiger charge is 2.10. The highest BCUT2D eigenvalue weighted by molar-refractivity contribution is 4.60. The fraction of sp³-hybridized carbons (Fsp3) is 1.00. The van der Waals surface area contributed by atoms with Crippen molar-refractivity contribution < 1.29 is 9.78 Å². The van der Waals surface area contributed by atoms with Gasteiger partial charge in [0.25, 0.3) is 0 Å². The van der Waals surface area contributed by atoms with Crippen LogP contribution in [0.5, 0.6) is 0 Å². The van der Waals surface area contributed by atoms with Crippen molar-refractivity contribution in [3.63, 3.8) is 0 Å². The molecular weight excluding hydrogens is 224 g/mol. The summed E-state index contributed by atoms with van der Waals surface area (Å²) in [6.45, 7) is 2.94. The quantitative estimate of drug-likeness (QED) is 0.372. The third kappa shape index (κ3) is 8.93. The van der Waals surface area contributed by atoms with E-state index >= 15 is 0 Å². The Labute approximate surface area is 113 Å². The normalized spacial score (nSPS) is 21.2. The van der Waals surface area contributed by atoms with E-state index in [-0.39, 0.29) is 0 Å². The number of hydrogen-bond acceptors (Lipinski definition) is 2. The van der Waals surface area contributed by atoms with Crippen molar-refractivity contribution in [2.75, 3.05) is 6.61 Å². The van der Waals surface area contributed by atoms with E-state index in [0.717, 1.165) is 13.0 Å². The topological polar surface area (TPSA) is 18.5 Å². The van der Waals surface area contributed by atoms with Crippen LogP contribution in [0.4, 0.5) is 0 Å². The van der Waals surface area contributed by atoms with Crippen LogP contribution >= 0.6 is 0 Å². The molecule has 0 aromatic heterocycles. The van der Waals surface area contributed by atoms with Crippen LogP contribution in [0.1, 0.15) is 90.4 Å². The third-order valence-electron chi connectivity index (χ3n) is 3.84. The lowest BCUT2D eigenvalue weighted by molar-refractivity contribution is -0.327. The SMILES string of the molecule is CCCCOOC1CCCCCCCCCCC1. The molecule has 1 fully saturated rings. The van der Waals surface area contributed by atoms with Crippen molar-refractivity contribution in [3.05, 3.63) is 0 Å². The lowest BCUT2D eigenvalue weighted by Crippen LogP contribution is -2.14. The van der Waals surface area contributed by atoms with E-state index in [1.807, 2.05) is 0 Å². The molecular formula is C16H32O2. The van der Waals surface area contributed by atoms with Crippen molar-refractivity contribution in [2.24, 2.45) is 0 Å². The highest BCUT2D eigenvalue weighted by Crippen LogP contribution is 2.19. The van der Waals surface area contributed by atoms with E-state index in [1.165, 1.54) is 77.0 Å². The maximum atomic E-state index is 5.59. The number of hydrogen-bond donors (Lipinski definition) is 0. The van der Waals surface area contributed by atoms with Crippen LogP contribution in [0.25, 0.3) is 0 Å². The van der Waals surface area contributed by atoms with Gasteiger partial charge in [-0.05, 0) is 19.3 Å². The Hall–Kier alpha value is -0.0800. The van der Waals surface area contributed by atoms with Crippen molar-refractivity contribution in [1.29, 1.82) is 0 Å². The zero-order chi connectivity index (χ0) is 12.9. The smallest absolute Gasteiger partial charge is 0.0930 e. The van der Waals surface area contributed by atoms with Gasteiger partial charge in [-0.25, -0.2) is 9.78 Å². The summed E-state index contributed by atoms with van der Waals surface area (Å²) in [6.07, 6.45) is 17.5. The molecule has 0 N–H and O–H groups in total. The molecule has 0 aliphatic heterocycles. The van der Waals surface area contributed by atoms with E-state index in [9.17, 15) is 0 Å². The average molecular weight is 256 g/mol. The van der Waals surface area contributed by atoms with Crippen molar-refractivity contribution in [1.82, 2.24) is 0 Å². The van der Waals surface area contributed by atoms with Gasteiger partial charge in [-0.15, -0.1) is 0 Å². The van der Waals surface area contributed by atoms with Crippen molar-refractivity contribution in [2.45, 2.75) is 96.5 Å². The van der Waals surface area contributed by atoms with Gasteiger partial charge in [-0.1, -0.05) is 71.1 Å². The molecule has 0 amide bonds. The van der Waals surface area contributed by atoms with Crippen LogP contribution in [0, 0.1) is 0 Å². The summed E-state index contributed by atoms with van der Waals surface area (Å²) in [6, 6.07) is 0. The standard InChI is InChI=1S/C16H32O2/c1-2-3-15-17-18-16-13-11-9-7-5-4-6-8-10-12-14-16/h16H,2-15H2,1H3. The minimum absolute atomic E-state index is 0.348. The summed E-state index contributed by atoms with van der Waals surface area (Å²) in [5.41, 5.74) is 0. The molecule has 108 valence electrons.